The Balaban J connectivity index is 2.06. The number of rotatable bonds is 4. The van der Waals surface area contributed by atoms with Crippen molar-refractivity contribution in [2.45, 2.75) is 4.90 Å². The average Bonchev–Trinajstić information content (AvgIpc) is 2.48. The summed E-state index contributed by atoms with van der Waals surface area (Å²) < 4.78 is 0. The van der Waals surface area contributed by atoms with Crippen molar-refractivity contribution in [3.63, 3.8) is 0 Å². The first kappa shape index (κ1) is 13.5. The zero-order valence-electron chi connectivity index (χ0n) is 10.5. The standard InChI is InChI=1S/C14H15N3OS/c1-19-13-8-6-11(7-9-13)16-14(18)10-2-4-12(17-15)5-3-10/h2-9,17H,15H2,1H3,(H,16,18). The summed E-state index contributed by atoms with van der Waals surface area (Å²) in [5, 5.41) is 2.85. The van der Waals surface area contributed by atoms with Gasteiger partial charge in [-0.1, -0.05) is 0 Å². The molecule has 19 heavy (non-hydrogen) atoms. The van der Waals surface area contributed by atoms with Crippen LogP contribution in [0.3, 0.4) is 0 Å². The van der Waals surface area contributed by atoms with Crippen LogP contribution in [0.25, 0.3) is 0 Å². The van der Waals surface area contributed by atoms with Gasteiger partial charge in [-0.2, -0.15) is 0 Å². The molecule has 0 fully saturated rings. The van der Waals surface area contributed by atoms with Crippen LogP contribution in [0.1, 0.15) is 10.4 Å². The molecule has 1 amide bonds. The second-order valence-corrected chi connectivity index (χ2v) is 4.78. The molecule has 2 aromatic rings. The van der Waals surface area contributed by atoms with Crippen molar-refractivity contribution in [3.05, 3.63) is 54.1 Å². The van der Waals surface area contributed by atoms with Crippen LogP contribution in [0.5, 0.6) is 0 Å². The largest absolute Gasteiger partial charge is 0.324 e. The van der Waals surface area contributed by atoms with Crippen molar-refractivity contribution >= 4 is 29.0 Å². The Bertz CT molecular complexity index is 552. The highest BCUT2D eigenvalue weighted by Crippen LogP contribution is 2.18. The normalized spacial score (nSPS) is 10.0. The van der Waals surface area contributed by atoms with Gasteiger partial charge in [-0.25, -0.2) is 0 Å². The Labute approximate surface area is 116 Å². The van der Waals surface area contributed by atoms with Crippen LogP contribution in [0.4, 0.5) is 11.4 Å². The van der Waals surface area contributed by atoms with Gasteiger partial charge in [0.2, 0.25) is 0 Å². The van der Waals surface area contributed by atoms with Gasteiger partial charge in [0.1, 0.15) is 0 Å². The molecule has 0 unspecified atom stereocenters. The molecule has 0 heterocycles. The Kier molecular flexibility index (Phi) is 4.43. The fraction of sp³-hybridized carbons (Fsp3) is 0.0714. The number of hydrazine groups is 1. The number of anilines is 2. The van der Waals surface area contributed by atoms with Crippen LogP contribution in [0.2, 0.25) is 0 Å². The van der Waals surface area contributed by atoms with Crippen LogP contribution in [-0.2, 0) is 0 Å². The number of hydrogen-bond acceptors (Lipinski definition) is 4. The molecule has 0 atom stereocenters. The summed E-state index contributed by atoms with van der Waals surface area (Å²) in [4.78, 5) is 13.2. The Morgan fingerprint density at radius 2 is 1.58 bits per heavy atom. The van der Waals surface area contributed by atoms with E-state index in [9.17, 15) is 4.79 Å². The van der Waals surface area contributed by atoms with Gasteiger partial charge in [-0.05, 0) is 54.8 Å². The van der Waals surface area contributed by atoms with E-state index in [1.54, 1.807) is 36.0 Å². The van der Waals surface area contributed by atoms with E-state index in [0.717, 1.165) is 16.3 Å². The molecular weight excluding hydrogens is 258 g/mol. The molecule has 4 nitrogen and oxygen atoms in total. The third kappa shape index (κ3) is 3.49. The van der Waals surface area contributed by atoms with E-state index in [4.69, 9.17) is 5.84 Å². The van der Waals surface area contributed by atoms with Gasteiger partial charge in [0.05, 0.1) is 0 Å². The van der Waals surface area contributed by atoms with Crippen LogP contribution < -0.4 is 16.6 Å². The first-order chi connectivity index (χ1) is 9.22. The minimum atomic E-state index is -0.138. The third-order valence-electron chi connectivity index (χ3n) is 2.66. The zero-order valence-corrected chi connectivity index (χ0v) is 11.3. The lowest BCUT2D eigenvalue weighted by Gasteiger charge is -2.06. The molecule has 2 rings (SSSR count). The highest BCUT2D eigenvalue weighted by Gasteiger charge is 2.05. The predicted octanol–water partition coefficient (Wildman–Crippen LogP) is 2.95. The lowest BCUT2D eigenvalue weighted by atomic mass is 10.2. The zero-order chi connectivity index (χ0) is 13.7. The maximum absolute atomic E-state index is 12.0. The second kappa shape index (κ2) is 6.26. The van der Waals surface area contributed by atoms with Gasteiger partial charge >= 0.3 is 0 Å². The number of hydrogen-bond donors (Lipinski definition) is 3. The summed E-state index contributed by atoms with van der Waals surface area (Å²) in [7, 11) is 0. The topological polar surface area (TPSA) is 67.2 Å². The van der Waals surface area contributed by atoms with Crippen LogP contribution in [-0.4, -0.2) is 12.2 Å². The summed E-state index contributed by atoms with van der Waals surface area (Å²) in [6, 6.07) is 14.7. The number of nitrogen functional groups attached to an aromatic ring is 1. The van der Waals surface area contributed by atoms with E-state index in [1.807, 2.05) is 30.5 Å². The van der Waals surface area contributed by atoms with Gasteiger partial charge in [0, 0.05) is 21.8 Å². The molecule has 0 aliphatic heterocycles. The molecule has 0 bridgehead atoms. The highest BCUT2D eigenvalue weighted by molar-refractivity contribution is 7.98. The van der Waals surface area contributed by atoms with Gasteiger partial charge in [-0.3, -0.25) is 10.6 Å². The second-order valence-electron chi connectivity index (χ2n) is 3.90. The van der Waals surface area contributed by atoms with Crippen LogP contribution >= 0.6 is 11.8 Å². The summed E-state index contributed by atoms with van der Waals surface area (Å²) in [6.07, 6.45) is 2.01. The number of thioether (sulfide) groups is 1. The van der Waals surface area contributed by atoms with Crippen molar-refractivity contribution in [2.75, 3.05) is 17.0 Å². The molecule has 98 valence electrons. The van der Waals surface area contributed by atoms with Crippen molar-refractivity contribution in [2.24, 2.45) is 5.84 Å². The lowest BCUT2D eigenvalue weighted by Crippen LogP contribution is -2.12. The maximum Gasteiger partial charge on any atom is 0.255 e. The van der Waals surface area contributed by atoms with Crippen molar-refractivity contribution in [1.82, 2.24) is 0 Å². The van der Waals surface area contributed by atoms with Crippen LogP contribution in [0.15, 0.2) is 53.4 Å². The van der Waals surface area contributed by atoms with E-state index in [-0.39, 0.29) is 5.91 Å². The fourth-order valence-corrected chi connectivity index (χ4v) is 2.00. The summed E-state index contributed by atoms with van der Waals surface area (Å²) in [5.41, 5.74) is 4.66. The van der Waals surface area contributed by atoms with Gasteiger partial charge in [0.15, 0.2) is 0 Å². The third-order valence-corrected chi connectivity index (χ3v) is 3.41. The number of benzene rings is 2. The van der Waals surface area contributed by atoms with E-state index >= 15 is 0 Å². The fourth-order valence-electron chi connectivity index (χ4n) is 1.60. The lowest BCUT2D eigenvalue weighted by molar-refractivity contribution is 0.102. The van der Waals surface area contributed by atoms with E-state index < -0.39 is 0 Å². The van der Waals surface area contributed by atoms with Gasteiger partial charge in [-0.15, -0.1) is 11.8 Å². The number of amides is 1. The van der Waals surface area contributed by atoms with E-state index in [0.29, 0.717) is 5.56 Å². The molecule has 0 aliphatic rings. The Morgan fingerprint density at radius 1 is 1.00 bits per heavy atom. The molecule has 4 N–H and O–H groups in total. The Morgan fingerprint density at radius 3 is 2.11 bits per heavy atom. The minimum absolute atomic E-state index is 0.138. The van der Waals surface area contributed by atoms with E-state index in [2.05, 4.69) is 10.7 Å². The van der Waals surface area contributed by atoms with Crippen molar-refractivity contribution in [3.8, 4) is 0 Å². The predicted molar refractivity (Wildman–Crippen MR) is 80.4 cm³/mol. The van der Waals surface area contributed by atoms with Crippen molar-refractivity contribution in [1.29, 1.82) is 0 Å². The van der Waals surface area contributed by atoms with Gasteiger partial charge in [0.25, 0.3) is 5.91 Å². The van der Waals surface area contributed by atoms with Gasteiger partial charge < -0.3 is 10.7 Å². The molecule has 2 aromatic carbocycles. The molecule has 0 spiro atoms. The number of nitrogens with two attached hydrogens (primary N) is 1. The highest BCUT2D eigenvalue weighted by atomic mass is 32.2. The first-order valence-corrected chi connectivity index (χ1v) is 6.97. The Hall–Kier alpha value is -1.98. The molecule has 0 aliphatic carbocycles. The first-order valence-electron chi connectivity index (χ1n) is 5.75. The summed E-state index contributed by atoms with van der Waals surface area (Å²) >= 11 is 1.67. The molecule has 0 saturated carbocycles. The quantitative estimate of drug-likeness (QED) is 0.455. The molecule has 0 saturated heterocycles. The number of carbonyl (C=O) groups excluding carboxylic acids is 1. The maximum atomic E-state index is 12.0. The monoisotopic (exact) mass is 273 g/mol. The minimum Gasteiger partial charge on any atom is -0.324 e. The number of nitrogens with one attached hydrogen (secondary N) is 2. The molecule has 5 heteroatoms. The molecule has 0 radical (unpaired) electrons. The van der Waals surface area contributed by atoms with Crippen molar-refractivity contribution < 1.29 is 4.79 Å². The molecule has 0 aromatic heterocycles. The average molecular weight is 273 g/mol. The smallest absolute Gasteiger partial charge is 0.255 e. The van der Waals surface area contributed by atoms with E-state index in [1.165, 1.54) is 0 Å². The number of carbonyl (C=O) groups is 1. The summed E-state index contributed by atoms with van der Waals surface area (Å²) in [6.45, 7) is 0. The van der Waals surface area contributed by atoms with Crippen LogP contribution in [0, 0.1) is 0 Å². The summed E-state index contributed by atoms with van der Waals surface area (Å²) in [5.74, 6) is 5.14. The molecular formula is C14H15N3OS. The SMILES string of the molecule is CSc1ccc(NC(=O)c2ccc(NN)cc2)cc1.